The molecule has 3 aromatic carbocycles. The largest absolute Gasteiger partial charge is 0.400 e. The summed E-state index contributed by atoms with van der Waals surface area (Å²) in [5.74, 6) is 1.98. The number of rotatable bonds is 3. The Hall–Kier alpha value is -2.38. The van der Waals surface area contributed by atoms with Crippen LogP contribution in [0.3, 0.4) is 0 Å². The van der Waals surface area contributed by atoms with Crippen LogP contribution in [0.5, 0.6) is 0 Å². The molecule has 3 rings (SSSR count). The summed E-state index contributed by atoms with van der Waals surface area (Å²) >= 11 is 0. The van der Waals surface area contributed by atoms with Crippen molar-refractivity contribution in [2.45, 2.75) is 102 Å². The first-order valence-corrected chi connectivity index (χ1v) is 12.5. The van der Waals surface area contributed by atoms with Gasteiger partial charge in [-0.3, -0.25) is 0 Å². The molecule has 3 aromatic rings. The van der Waals surface area contributed by atoms with Crippen molar-refractivity contribution >= 4 is 0 Å². The molecule has 0 spiro atoms. The first-order valence-electron chi connectivity index (χ1n) is 12.5. The maximum Gasteiger partial charge on any atom is 0.0319 e. The molecule has 0 aliphatic carbocycles. The molecule has 0 aliphatic rings. The minimum atomic E-state index is 0. The first-order chi connectivity index (χ1) is 15.9. The lowest BCUT2D eigenvalue weighted by atomic mass is 10.0. The summed E-state index contributed by atoms with van der Waals surface area (Å²) in [7, 11) is 1.00. The molecule has 0 heterocycles. The highest BCUT2D eigenvalue weighted by Crippen LogP contribution is 2.13. The van der Waals surface area contributed by atoms with E-state index < -0.39 is 0 Å². The number of hydrogen-bond acceptors (Lipinski definition) is 1. The lowest BCUT2D eigenvalue weighted by Gasteiger charge is -2.01. The predicted molar refractivity (Wildman–Crippen MR) is 166 cm³/mol. The SMILES string of the molecule is C.C.CC.CC.CC(C)c1ccccc1.CC(C)c1ccccc1.CC(C)c1ccccc1.CO. The van der Waals surface area contributed by atoms with Gasteiger partial charge in [0.1, 0.15) is 0 Å². The summed E-state index contributed by atoms with van der Waals surface area (Å²) in [4.78, 5) is 0. The second-order valence-electron chi connectivity index (χ2n) is 7.70. The Morgan fingerprint density at radius 3 is 0.600 bits per heavy atom. The number of benzene rings is 3. The Morgan fingerprint density at radius 2 is 0.514 bits per heavy atom. The van der Waals surface area contributed by atoms with E-state index in [-0.39, 0.29) is 14.9 Å². The summed E-state index contributed by atoms with van der Waals surface area (Å²) < 4.78 is 0. The molecule has 1 heteroatoms. The zero-order valence-electron chi connectivity index (χ0n) is 23.3. The fraction of sp³-hybridized carbons (Fsp3) is 0.471. The summed E-state index contributed by atoms with van der Waals surface area (Å²) in [6.45, 7) is 21.2. The molecule has 0 unspecified atom stereocenters. The van der Waals surface area contributed by atoms with E-state index in [1.807, 2.05) is 45.9 Å². The summed E-state index contributed by atoms with van der Waals surface area (Å²) in [6.07, 6.45) is 0. The fourth-order valence-electron chi connectivity index (χ4n) is 2.51. The van der Waals surface area contributed by atoms with Gasteiger partial charge in [0.15, 0.2) is 0 Å². The molecule has 0 saturated heterocycles. The molecule has 0 radical (unpaired) electrons. The lowest BCUT2D eigenvalue weighted by Crippen LogP contribution is -1.83. The quantitative estimate of drug-likeness (QED) is 0.392. The van der Waals surface area contributed by atoms with E-state index in [1.165, 1.54) is 16.7 Å². The average Bonchev–Trinajstić information content (AvgIpc) is 2.90. The molecule has 202 valence electrons. The molecule has 0 amide bonds. The van der Waals surface area contributed by atoms with Crippen molar-refractivity contribution in [1.82, 2.24) is 0 Å². The summed E-state index contributed by atoms with van der Waals surface area (Å²) in [5, 5.41) is 7.00. The normalized spacial score (nSPS) is 8.31. The van der Waals surface area contributed by atoms with E-state index >= 15 is 0 Å². The molecular weight excluding hydrogens is 424 g/mol. The van der Waals surface area contributed by atoms with Crippen LogP contribution in [0.4, 0.5) is 0 Å². The minimum Gasteiger partial charge on any atom is -0.400 e. The molecule has 0 atom stereocenters. The van der Waals surface area contributed by atoms with Crippen molar-refractivity contribution in [3.05, 3.63) is 108 Å². The van der Waals surface area contributed by atoms with Crippen LogP contribution in [0, 0.1) is 0 Å². The molecule has 1 nitrogen and oxygen atoms in total. The van der Waals surface area contributed by atoms with Crippen LogP contribution in [-0.2, 0) is 0 Å². The topological polar surface area (TPSA) is 20.2 Å². The van der Waals surface area contributed by atoms with Gasteiger partial charge in [0.05, 0.1) is 0 Å². The van der Waals surface area contributed by atoms with Gasteiger partial charge in [-0.2, -0.15) is 0 Å². The van der Waals surface area contributed by atoms with Gasteiger partial charge in [0, 0.05) is 7.11 Å². The van der Waals surface area contributed by atoms with Crippen molar-refractivity contribution in [2.75, 3.05) is 7.11 Å². The van der Waals surface area contributed by atoms with Crippen LogP contribution in [0.25, 0.3) is 0 Å². The monoisotopic (exact) mass is 484 g/mol. The highest BCUT2D eigenvalue weighted by Gasteiger charge is 1.94. The van der Waals surface area contributed by atoms with Gasteiger partial charge in [-0.1, -0.05) is 175 Å². The molecule has 0 aromatic heterocycles. The third-order valence-electron chi connectivity index (χ3n) is 4.40. The fourth-order valence-corrected chi connectivity index (χ4v) is 2.51. The molecule has 0 bridgehead atoms. The van der Waals surface area contributed by atoms with Gasteiger partial charge in [0.25, 0.3) is 0 Å². The van der Waals surface area contributed by atoms with Gasteiger partial charge in [-0.05, 0) is 34.4 Å². The van der Waals surface area contributed by atoms with Gasteiger partial charge >= 0.3 is 0 Å². The second kappa shape index (κ2) is 31.6. The van der Waals surface area contributed by atoms with Gasteiger partial charge < -0.3 is 5.11 Å². The maximum absolute atomic E-state index is 7.00. The number of hydrogen-bond donors (Lipinski definition) is 1. The van der Waals surface area contributed by atoms with E-state index in [0.29, 0.717) is 17.8 Å². The van der Waals surface area contributed by atoms with E-state index in [9.17, 15) is 0 Å². The Bertz CT molecular complexity index is 598. The predicted octanol–water partition coefficient (Wildman–Crippen LogP) is 11.4. The lowest BCUT2D eigenvalue weighted by molar-refractivity contribution is 0.399. The van der Waals surface area contributed by atoms with E-state index in [1.54, 1.807) is 0 Å². The third kappa shape index (κ3) is 24.5. The van der Waals surface area contributed by atoms with Crippen LogP contribution < -0.4 is 0 Å². The van der Waals surface area contributed by atoms with Crippen LogP contribution >= 0.6 is 0 Å². The van der Waals surface area contributed by atoms with Gasteiger partial charge in [-0.25, -0.2) is 0 Å². The molecular formula is C34H60O. The van der Waals surface area contributed by atoms with Crippen molar-refractivity contribution in [1.29, 1.82) is 0 Å². The highest BCUT2D eigenvalue weighted by molar-refractivity contribution is 5.19. The molecule has 0 saturated carbocycles. The second-order valence-corrected chi connectivity index (χ2v) is 7.70. The van der Waals surface area contributed by atoms with E-state index in [2.05, 4.69) is 114 Å². The Kier molecular flexibility index (Phi) is 38.6. The maximum atomic E-state index is 7.00. The van der Waals surface area contributed by atoms with Gasteiger partial charge in [-0.15, -0.1) is 0 Å². The van der Waals surface area contributed by atoms with Crippen molar-refractivity contribution in [2.24, 2.45) is 0 Å². The summed E-state index contributed by atoms with van der Waals surface area (Å²) in [5.41, 5.74) is 4.24. The zero-order chi connectivity index (χ0) is 26.1. The van der Waals surface area contributed by atoms with Crippen LogP contribution in [0.2, 0.25) is 0 Å². The molecule has 0 aliphatic heterocycles. The minimum absolute atomic E-state index is 0. The van der Waals surface area contributed by atoms with Crippen LogP contribution in [-0.4, -0.2) is 12.2 Å². The van der Waals surface area contributed by atoms with E-state index in [0.717, 1.165) is 7.11 Å². The Morgan fingerprint density at radius 1 is 0.371 bits per heavy atom. The first kappa shape index (κ1) is 42.8. The van der Waals surface area contributed by atoms with Crippen molar-refractivity contribution in [3.8, 4) is 0 Å². The van der Waals surface area contributed by atoms with Crippen molar-refractivity contribution < 1.29 is 5.11 Å². The zero-order valence-corrected chi connectivity index (χ0v) is 23.3. The number of aliphatic hydroxyl groups excluding tert-OH is 1. The standard InChI is InChI=1S/3C9H12.2C2H6.CH4O.2CH4/c3*1-8(2)9-6-4-3-5-7-9;3*1-2;;/h3*3-8H,1-2H3;2*1-2H3;2H,1H3;2*1H4. The smallest absolute Gasteiger partial charge is 0.0319 e. The highest BCUT2D eigenvalue weighted by atomic mass is 16.2. The van der Waals surface area contributed by atoms with Crippen LogP contribution in [0.15, 0.2) is 91.0 Å². The Labute approximate surface area is 221 Å². The Balaban J connectivity index is -0.000000113. The van der Waals surface area contributed by atoms with E-state index in [4.69, 9.17) is 5.11 Å². The molecule has 1 N–H and O–H groups in total. The van der Waals surface area contributed by atoms with Gasteiger partial charge in [0.2, 0.25) is 0 Å². The average molecular weight is 485 g/mol. The van der Waals surface area contributed by atoms with Crippen molar-refractivity contribution in [3.63, 3.8) is 0 Å². The molecule has 0 fully saturated rings. The van der Waals surface area contributed by atoms with Crippen LogP contribution in [0.1, 0.15) is 119 Å². The summed E-state index contributed by atoms with van der Waals surface area (Å²) in [6, 6.07) is 31.6. The third-order valence-corrected chi connectivity index (χ3v) is 4.40. The molecule has 35 heavy (non-hydrogen) atoms. The number of aliphatic hydroxyl groups is 1.